The van der Waals surface area contributed by atoms with Crippen LogP contribution in [-0.4, -0.2) is 41.6 Å². The first kappa shape index (κ1) is 27.2. The summed E-state index contributed by atoms with van der Waals surface area (Å²) in [6.45, 7) is 4.83. The van der Waals surface area contributed by atoms with Gasteiger partial charge in [-0.1, -0.05) is 88.7 Å². The fourth-order valence-corrected chi connectivity index (χ4v) is 5.83. The van der Waals surface area contributed by atoms with Crippen LogP contribution in [0.4, 0.5) is 0 Å². The summed E-state index contributed by atoms with van der Waals surface area (Å²) < 4.78 is 25.0. The molecular formula is C19H37O5PS2. The lowest BCUT2D eigenvalue weighted by Crippen LogP contribution is -2.16. The largest absolute Gasteiger partial charge is 0.333 e. The molecule has 0 amide bonds. The first-order valence-electron chi connectivity index (χ1n) is 10.1. The van der Waals surface area contributed by atoms with Gasteiger partial charge in [0.1, 0.15) is 0 Å². The number of rotatable bonds is 21. The second kappa shape index (κ2) is 19.5. The van der Waals surface area contributed by atoms with Gasteiger partial charge in [0.05, 0.1) is 18.9 Å². The summed E-state index contributed by atoms with van der Waals surface area (Å²) in [4.78, 5) is 21.0. The maximum Gasteiger partial charge on any atom is 0.333 e. The highest BCUT2D eigenvalue weighted by Gasteiger charge is 2.35. The fraction of sp³-hybridized carbons (Fsp3) is 0.895. The van der Waals surface area contributed by atoms with Crippen molar-refractivity contribution in [3.8, 4) is 0 Å². The summed E-state index contributed by atoms with van der Waals surface area (Å²) in [6, 6.07) is 0. The second-order valence-corrected chi connectivity index (χ2v) is 10.7. The van der Waals surface area contributed by atoms with E-state index in [0.29, 0.717) is 11.5 Å². The smallest absolute Gasteiger partial charge is 0.307 e. The summed E-state index contributed by atoms with van der Waals surface area (Å²) in [5.74, 6) is 0.941. The molecule has 0 atom stereocenters. The van der Waals surface area contributed by atoms with Gasteiger partial charge in [0.2, 0.25) is 0 Å². The Labute approximate surface area is 174 Å². The number of hydrogen-bond donors (Lipinski definition) is 0. The van der Waals surface area contributed by atoms with Crippen molar-refractivity contribution in [3.63, 3.8) is 0 Å². The Morgan fingerprint density at radius 2 is 1.22 bits per heavy atom. The average molecular weight is 441 g/mol. The normalized spacial score (nSPS) is 11.8. The number of hydrogen-bond acceptors (Lipinski definition) is 7. The van der Waals surface area contributed by atoms with Crippen LogP contribution in [0.3, 0.4) is 0 Å². The van der Waals surface area contributed by atoms with Gasteiger partial charge in [-0.2, -0.15) is 0 Å². The van der Waals surface area contributed by atoms with Crippen LogP contribution in [0.25, 0.3) is 0 Å². The molecule has 0 unspecified atom stereocenters. The highest BCUT2D eigenvalue weighted by Crippen LogP contribution is 2.56. The molecule has 0 spiro atoms. The Kier molecular flexibility index (Phi) is 19.6. The van der Waals surface area contributed by atoms with E-state index in [1.807, 2.05) is 0 Å². The van der Waals surface area contributed by atoms with E-state index in [-0.39, 0.29) is 18.9 Å². The predicted octanol–water partition coefficient (Wildman–Crippen LogP) is 6.37. The number of carbonyl (C=O) groups is 2. The zero-order valence-electron chi connectivity index (χ0n) is 16.9. The summed E-state index contributed by atoms with van der Waals surface area (Å²) >= 11 is 2.22. The molecule has 0 aliphatic rings. The van der Waals surface area contributed by atoms with Crippen LogP contribution in [0.1, 0.15) is 78.1 Å². The van der Waals surface area contributed by atoms with Gasteiger partial charge in [0.15, 0.2) is 11.2 Å². The predicted molar refractivity (Wildman–Crippen MR) is 119 cm³/mol. The minimum absolute atomic E-state index is 0.103. The summed E-state index contributed by atoms with van der Waals surface area (Å²) in [7, 11) is -3.27. The first-order valence-corrected chi connectivity index (χ1v) is 13.8. The van der Waals surface area contributed by atoms with E-state index in [4.69, 9.17) is 9.05 Å². The Morgan fingerprint density at radius 1 is 0.778 bits per heavy atom. The third kappa shape index (κ3) is 14.8. The molecule has 0 saturated carbocycles. The van der Waals surface area contributed by atoms with E-state index in [1.165, 1.54) is 12.8 Å². The lowest BCUT2D eigenvalue weighted by Gasteiger charge is -2.27. The monoisotopic (exact) mass is 440 g/mol. The van der Waals surface area contributed by atoms with Crippen molar-refractivity contribution in [3.05, 3.63) is 0 Å². The van der Waals surface area contributed by atoms with Gasteiger partial charge in [-0.3, -0.25) is 14.2 Å². The Balaban J connectivity index is 4.89. The van der Waals surface area contributed by atoms with Crippen LogP contribution in [0.15, 0.2) is 0 Å². The van der Waals surface area contributed by atoms with Crippen LogP contribution < -0.4 is 0 Å². The third-order valence-corrected chi connectivity index (χ3v) is 7.88. The van der Waals surface area contributed by atoms with Gasteiger partial charge in [0, 0.05) is 11.5 Å². The minimum atomic E-state index is -3.27. The maximum absolute atomic E-state index is 13.5. The molecule has 0 aliphatic carbocycles. The summed E-state index contributed by atoms with van der Waals surface area (Å²) in [5.41, 5.74) is 1.43. The van der Waals surface area contributed by atoms with Gasteiger partial charge >= 0.3 is 7.60 Å². The van der Waals surface area contributed by atoms with Gasteiger partial charge in [0.25, 0.3) is 0 Å². The van der Waals surface area contributed by atoms with Gasteiger partial charge < -0.3 is 9.05 Å². The number of thioether (sulfide) groups is 2. The molecule has 8 heteroatoms. The highest BCUT2D eigenvalue weighted by atomic mass is 32.2. The standard InChI is InChI=1S/C19H37O5PS2/c1-3-5-7-9-11-19(12-10-8-6-4-2)25(22,23-13-15-26-17-20)24-14-16-27-18-21/h17-19H,3-16H2,1-2H3. The molecule has 5 nitrogen and oxygen atoms in total. The number of carbonyl (C=O) groups excluding carboxylic acids is 2. The molecule has 0 saturated heterocycles. The summed E-state index contributed by atoms with van der Waals surface area (Å²) in [5, 5.41) is 0. The van der Waals surface area contributed by atoms with Gasteiger partial charge in [-0.15, -0.1) is 0 Å². The molecule has 0 aromatic heterocycles. The molecule has 0 N–H and O–H groups in total. The lowest BCUT2D eigenvalue weighted by molar-refractivity contribution is 0.210. The molecule has 160 valence electrons. The van der Waals surface area contributed by atoms with Crippen molar-refractivity contribution >= 4 is 42.4 Å². The van der Waals surface area contributed by atoms with Crippen molar-refractivity contribution in [2.75, 3.05) is 24.7 Å². The molecule has 0 heterocycles. The number of unbranched alkanes of at least 4 members (excludes halogenated alkanes) is 6. The van der Waals surface area contributed by atoms with Crippen LogP contribution >= 0.6 is 31.1 Å². The molecule has 0 rings (SSSR count). The summed E-state index contributed by atoms with van der Waals surface area (Å²) in [6.07, 6.45) is 10.7. The third-order valence-electron chi connectivity index (χ3n) is 4.31. The zero-order chi connectivity index (χ0) is 20.2. The first-order chi connectivity index (χ1) is 13.1. The van der Waals surface area contributed by atoms with Crippen LogP contribution in [-0.2, 0) is 23.2 Å². The maximum atomic E-state index is 13.5. The van der Waals surface area contributed by atoms with Crippen molar-refractivity contribution in [2.45, 2.75) is 83.7 Å². The highest BCUT2D eigenvalue weighted by molar-refractivity contribution is 8.12. The van der Waals surface area contributed by atoms with Crippen molar-refractivity contribution in [2.24, 2.45) is 0 Å². The lowest BCUT2D eigenvalue weighted by atomic mass is 10.1. The molecule has 0 radical (unpaired) electrons. The van der Waals surface area contributed by atoms with Gasteiger partial charge in [-0.05, 0) is 12.8 Å². The van der Waals surface area contributed by atoms with Crippen molar-refractivity contribution in [1.29, 1.82) is 0 Å². The van der Waals surface area contributed by atoms with Crippen molar-refractivity contribution < 1.29 is 23.2 Å². The van der Waals surface area contributed by atoms with E-state index in [2.05, 4.69) is 13.8 Å². The SMILES string of the molecule is CCCCCCC(CCCCCC)P(=O)(OCCSC=O)OCCSC=O. The van der Waals surface area contributed by atoms with Gasteiger partial charge in [-0.25, -0.2) is 0 Å². The van der Waals surface area contributed by atoms with Crippen LogP contribution in [0.5, 0.6) is 0 Å². The van der Waals surface area contributed by atoms with Crippen LogP contribution in [0.2, 0.25) is 0 Å². The Morgan fingerprint density at radius 3 is 1.59 bits per heavy atom. The average Bonchev–Trinajstić information content (AvgIpc) is 2.67. The quantitative estimate of drug-likeness (QED) is 0.117. The topological polar surface area (TPSA) is 69.7 Å². The molecule has 0 bridgehead atoms. The van der Waals surface area contributed by atoms with E-state index < -0.39 is 7.60 Å². The Bertz CT molecular complexity index is 378. The zero-order valence-corrected chi connectivity index (χ0v) is 19.5. The van der Waals surface area contributed by atoms with E-state index in [1.54, 1.807) is 0 Å². The molecule has 0 aromatic carbocycles. The van der Waals surface area contributed by atoms with E-state index in [0.717, 1.165) is 86.1 Å². The molecule has 0 fully saturated rings. The van der Waals surface area contributed by atoms with Crippen LogP contribution in [0, 0.1) is 0 Å². The molecular weight excluding hydrogens is 403 g/mol. The molecule has 0 aliphatic heterocycles. The molecule has 0 aromatic rings. The molecule has 27 heavy (non-hydrogen) atoms. The fourth-order valence-electron chi connectivity index (χ4n) is 2.84. The second-order valence-electron chi connectivity index (χ2n) is 6.49. The van der Waals surface area contributed by atoms with E-state index in [9.17, 15) is 14.2 Å². The van der Waals surface area contributed by atoms with E-state index >= 15 is 0 Å². The Hall–Kier alpha value is 0.190. The van der Waals surface area contributed by atoms with Crippen molar-refractivity contribution in [1.82, 2.24) is 0 Å². The minimum Gasteiger partial charge on any atom is -0.307 e.